The summed E-state index contributed by atoms with van der Waals surface area (Å²) >= 11 is 0. The van der Waals surface area contributed by atoms with E-state index in [0.29, 0.717) is 23.7 Å². The van der Waals surface area contributed by atoms with Crippen LogP contribution in [0.3, 0.4) is 0 Å². The number of benzene rings is 1. The molecule has 24 heavy (non-hydrogen) atoms. The molecule has 0 saturated heterocycles. The highest BCUT2D eigenvalue weighted by molar-refractivity contribution is 5.93. The van der Waals surface area contributed by atoms with Crippen molar-refractivity contribution in [3.63, 3.8) is 0 Å². The van der Waals surface area contributed by atoms with Gasteiger partial charge in [0.1, 0.15) is 17.3 Å². The molecule has 7 nitrogen and oxygen atoms in total. The molecule has 0 spiro atoms. The minimum absolute atomic E-state index is 0.276. The number of nitrogens with two attached hydrogens (primary N) is 1. The molecule has 2 rings (SSSR count). The highest BCUT2D eigenvalue weighted by Crippen LogP contribution is 2.28. The Hall–Kier alpha value is -2.96. The minimum atomic E-state index is 0.276. The Morgan fingerprint density at radius 2 is 2.00 bits per heavy atom. The van der Waals surface area contributed by atoms with Gasteiger partial charge in [0.2, 0.25) is 0 Å². The van der Waals surface area contributed by atoms with Gasteiger partial charge in [0.25, 0.3) is 0 Å². The fourth-order valence-corrected chi connectivity index (χ4v) is 2.06. The van der Waals surface area contributed by atoms with Gasteiger partial charge in [-0.05, 0) is 24.3 Å². The summed E-state index contributed by atoms with van der Waals surface area (Å²) in [6.45, 7) is 0.382. The number of rotatable bonds is 6. The van der Waals surface area contributed by atoms with Crippen molar-refractivity contribution in [1.82, 2.24) is 4.98 Å². The molecule has 1 heterocycles. The van der Waals surface area contributed by atoms with Crippen molar-refractivity contribution >= 4 is 17.5 Å². The molecule has 0 bridgehead atoms. The third kappa shape index (κ3) is 4.52. The van der Waals surface area contributed by atoms with Gasteiger partial charge in [0, 0.05) is 20.2 Å². The first-order valence-electron chi connectivity index (χ1n) is 7.45. The summed E-state index contributed by atoms with van der Waals surface area (Å²) in [6.07, 6.45) is 0. The van der Waals surface area contributed by atoms with E-state index >= 15 is 0 Å². The molecular formula is C17H23N5O2. The molecular weight excluding hydrogens is 306 g/mol. The van der Waals surface area contributed by atoms with E-state index in [1.54, 1.807) is 26.4 Å². The van der Waals surface area contributed by atoms with Gasteiger partial charge in [-0.2, -0.15) is 0 Å². The van der Waals surface area contributed by atoms with E-state index in [4.69, 9.17) is 15.2 Å². The summed E-state index contributed by atoms with van der Waals surface area (Å²) in [6, 6.07) is 11.2. The van der Waals surface area contributed by atoms with E-state index in [0.717, 1.165) is 11.5 Å². The van der Waals surface area contributed by atoms with E-state index < -0.39 is 0 Å². The molecule has 0 saturated carbocycles. The van der Waals surface area contributed by atoms with Crippen LogP contribution in [-0.2, 0) is 6.54 Å². The fraction of sp³-hybridized carbons (Fsp3) is 0.294. The monoisotopic (exact) mass is 329 g/mol. The van der Waals surface area contributed by atoms with Crippen LogP contribution in [0.1, 0.15) is 5.69 Å². The van der Waals surface area contributed by atoms with Gasteiger partial charge in [-0.3, -0.25) is 0 Å². The second-order valence-corrected chi connectivity index (χ2v) is 5.27. The minimum Gasteiger partial charge on any atom is -0.497 e. The molecule has 1 aromatic carbocycles. The molecule has 0 aliphatic carbocycles. The average Bonchev–Trinajstić information content (AvgIpc) is 2.60. The molecule has 0 radical (unpaired) electrons. The lowest BCUT2D eigenvalue weighted by Crippen LogP contribution is -2.23. The van der Waals surface area contributed by atoms with E-state index in [1.807, 2.05) is 43.3 Å². The summed E-state index contributed by atoms with van der Waals surface area (Å²) in [5.74, 6) is 2.51. The number of anilines is 2. The van der Waals surface area contributed by atoms with Gasteiger partial charge < -0.3 is 25.4 Å². The topological polar surface area (TPSA) is 85.0 Å². The fourth-order valence-electron chi connectivity index (χ4n) is 2.06. The average molecular weight is 329 g/mol. The van der Waals surface area contributed by atoms with Gasteiger partial charge in [0.15, 0.2) is 5.96 Å². The summed E-state index contributed by atoms with van der Waals surface area (Å²) in [5.41, 5.74) is 7.50. The first kappa shape index (κ1) is 17.4. The van der Waals surface area contributed by atoms with Gasteiger partial charge >= 0.3 is 0 Å². The SMILES string of the molecule is COc1ccc(OC)c(NC(N)=NCc2cccc(N(C)C)n2)c1. The van der Waals surface area contributed by atoms with Crippen LogP contribution >= 0.6 is 0 Å². The van der Waals surface area contributed by atoms with Crippen LogP contribution in [0.4, 0.5) is 11.5 Å². The second-order valence-electron chi connectivity index (χ2n) is 5.27. The van der Waals surface area contributed by atoms with Gasteiger partial charge in [-0.25, -0.2) is 9.98 Å². The van der Waals surface area contributed by atoms with Crippen LogP contribution in [0, 0.1) is 0 Å². The number of aromatic nitrogens is 1. The maximum Gasteiger partial charge on any atom is 0.193 e. The summed E-state index contributed by atoms with van der Waals surface area (Å²) < 4.78 is 10.5. The number of pyridine rings is 1. The molecule has 7 heteroatoms. The maximum absolute atomic E-state index is 5.97. The van der Waals surface area contributed by atoms with Gasteiger partial charge in [-0.15, -0.1) is 0 Å². The standard InChI is InChI=1S/C17H23N5O2/c1-22(2)16-7-5-6-12(20-16)11-19-17(18)21-14-10-13(23-3)8-9-15(14)24-4/h5-10H,11H2,1-4H3,(H3,18,19,21). The Morgan fingerprint density at radius 3 is 2.67 bits per heavy atom. The summed E-state index contributed by atoms with van der Waals surface area (Å²) in [4.78, 5) is 10.8. The van der Waals surface area contributed by atoms with Crippen molar-refractivity contribution in [3.8, 4) is 11.5 Å². The molecule has 0 unspecified atom stereocenters. The molecule has 2 aromatic rings. The van der Waals surface area contributed by atoms with Gasteiger partial charge in [0.05, 0.1) is 32.1 Å². The molecule has 128 valence electrons. The second kappa shape index (κ2) is 8.05. The van der Waals surface area contributed by atoms with Crippen molar-refractivity contribution < 1.29 is 9.47 Å². The lowest BCUT2D eigenvalue weighted by Gasteiger charge is -2.13. The zero-order valence-corrected chi connectivity index (χ0v) is 14.4. The van der Waals surface area contributed by atoms with Crippen LogP contribution in [0.2, 0.25) is 0 Å². The lowest BCUT2D eigenvalue weighted by molar-refractivity contribution is 0.405. The molecule has 0 fully saturated rings. The summed E-state index contributed by atoms with van der Waals surface area (Å²) in [7, 11) is 7.09. The van der Waals surface area contributed by atoms with E-state index in [2.05, 4.69) is 15.3 Å². The smallest absolute Gasteiger partial charge is 0.193 e. The highest BCUT2D eigenvalue weighted by Gasteiger charge is 2.06. The van der Waals surface area contributed by atoms with E-state index in [1.165, 1.54) is 0 Å². The largest absolute Gasteiger partial charge is 0.497 e. The van der Waals surface area contributed by atoms with Crippen LogP contribution < -0.4 is 25.4 Å². The predicted octanol–water partition coefficient (Wildman–Crippen LogP) is 2.09. The van der Waals surface area contributed by atoms with Crippen LogP contribution in [0.15, 0.2) is 41.4 Å². The third-order valence-electron chi connectivity index (χ3n) is 3.33. The number of nitrogens with zero attached hydrogens (tertiary/aromatic N) is 3. The number of hydrogen-bond acceptors (Lipinski definition) is 5. The molecule has 0 atom stereocenters. The number of methoxy groups -OCH3 is 2. The molecule has 0 aliphatic rings. The van der Waals surface area contributed by atoms with Crippen LogP contribution in [0.5, 0.6) is 11.5 Å². The quantitative estimate of drug-likeness (QED) is 0.623. The Balaban J connectivity index is 2.10. The molecule has 0 amide bonds. The Kier molecular flexibility index (Phi) is 5.83. The first-order valence-corrected chi connectivity index (χ1v) is 7.45. The van der Waals surface area contributed by atoms with E-state index in [-0.39, 0.29) is 5.96 Å². The van der Waals surface area contributed by atoms with E-state index in [9.17, 15) is 0 Å². The lowest BCUT2D eigenvalue weighted by atomic mass is 10.2. The number of hydrogen-bond donors (Lipinski definition) is 2. The molecule has 3 N–H and O–H groups in total. The predicted molar refractivity (Wildman–Crippen MR) is 97.1 cm³/mol. The number of guanidine groups is 1. The van der Waals surface area contributed by atoms with Gasteiger partial charge in [-0.1, -0.05) is 6.07 Å². The molecule has 0 aliphatic heterocycles. The Labute approximate surface area is 142 Å². The number of ether oxygens (including phenoxy) is 2. The maximum atomic E-state index is 5.97. The first-order chi connectivity index (χ1) is 11.5. The van der Waals surface area contributed by atoms with Crippen molar-refractivity contribution in [2.75, 3.05) is 38.5 Å². The van der Waals surface area contributed by atoms with Crippen molar-refractivity contribution in [2.24, 2.45) is 10.7 Å². The van der Waals surface area contributed by atoms with Crippen LogP contribution in [0.25, 0.3) is 0 Å². The van der Waals surface area contributed by atoms with Crippen LogP contribution in [-0.4, -0.2) is 39.3 Å². The van der Waals surface area contributed by atoms with Crippen molar-refractivity contribution in [1.29, 1.82) is 0 Å². The number of nitrogens with one attached hydrogen (secondary N) is 1. The Morgan fingerprint density at radius 1 is 1.21 bits per heavy atom. The van der Waals surface area contributed by atoms with Crippen molar-refractivity contribution in [3.05, 3.63) is 42.1 Å². The zero-order valence-electron chi connectivity index (χ0n) is 14.4. The normalized spacial score (nSPS) is 11.1. The highest BCUT2D eigenvalue weighted by atomic mass is 16.5. The molecule has 1 aromatic heterocycles. The Bertz CT molecular complexity index is 716. The zero-order chi connectivity index (χ0) is 17.5. The number of aliphatic imine (C=N–C) groups is 1. The van der Waals surface area contributed by atoms with Crippen molar-refractivity contribution in [2.45, 2.75) is 6.54 Å². The third-order valence-corrected chi connectivity index (χ3v) is 3.33. The summed E-state index contributed by atoms with van der Waals surface area (Å²) in [5, 5.41) is 3.03.